The Kier molecular flexibility index (Phi) is 4.78. The number of amides is 1. The Labute approximate surface area is 129 Å². The second kappa shape index (κ2) is 6.76. The zero-order valence-corrected chi connectivity index (χ0v) is 12.6. The molecule has 0 saturated carbocycles. The number of aryl methyl sites for hydroxylation is 2. The van der Waals surface area contributed by atoms with Gasteiger partial charge in [-0.3, -0.25) is 4.79 Å². The summed E-state index contributed by atoms with van der Waals surface area (Å²) < 4.78 is 4.97. The number of anilines is 2. The van der Waals surface area contributed by atoms with Crippen LogP contribution in [-0.2, 0) is 9.53 Å². The summed E-state index contributed by atoms with van der Waals surface area (Å²) in [7, 11) is 0. The topological polar surface area (TPSA) is 81.4 Å². The molecule has 22 heavy (non-hydrogen) atoms. The standard InChI is InChI=1S/C17H18N2O3/c1-11-7-12(2)9-15(8-11)19-16(20)10-22-17(21)13-3-5-14(18)6-4-13/h3-9H,10,18H2,1-2H3,(H,19,20). The van der Waals surface area contributed by atoms with Crippen molar-refractivity contribution in [1.29, 1.82) is 0 Å². The van der Waals surface area contributed by atoms with E-state index in [0.717, 1.165) is 11.1 Å². The van der Waals surface area contributed by atoms with E-state index in [1.807, 2.05) is 32.0 Å². The zero-order valence-electron chi connectivity index (χ0n) is 12.6. The van der Waals surface area contributed by atoms with Gasteiger partial charge in [0.05, 0.1) is 5.56 Å². The fourth-order valence-corrected chi connectivity index (χ4v) is 2.08. The molecule has 0 radical (unpaired) electrons. The molecule has 5 heteroatoms. The lowest BCUT2D eigenvalue weighted by Crippen LogP contribution is -2.21. The number of rotatable bonds is 4. The molecule has 2 aromatic rings. The second-order valence-electron chi connectivity index (χ2n) is 5.12. The van der Waals surface area contributed by atoms with Gasteiger partial charge in [0.25, 0.3) is 5.91 Å². The van der Waals surface area contributed by atoms with Crippen LogP contribution in [0.15, 0.2) is 42.5 Å². The predicted molar refractivity (Wildman–Crippen MR) is 85.7 cm³/mol. The highest BCUT2D eigenvalue weighted by atomic mass is 16.5. The summed E-state index contributed by atoms with van der Waals surface area (Å²) in [6.07, 6.45) is 0. The smallest absolute Gasteiger partial charge is 0.338 e. The molecule has 0 atom stereocenters. The number of ether oxygens (including phenoxy) is 1. The Balaban J connectivity index is 1.89. The Bertz CT molecular complexity index is 673. The van der Waals surface area contributed by atoms with E-state index in [2.05, 4.69) is 5.32 Å². The van der Waals surface area contributed by atoms with E-state index in [1.165, 1.54) is 0 Å². The van der Waals surface area contributed by atoms with Crippen LogP contribution in [0, 0.1) is 13.8 Å². The van der Waals surface area contributed by atoms with Crippen LogP contribution in [0.5, 0.6) is 0 Å². The molecule has 0 aromatic heterocycles. The summed E-state index contributed by atoms with van der Waals surface area (Å²) in [5, 5.41) is 2.70. The van der Waals surface area contributed by atoms with Crippen LogP contribution in [0.3, 0.4) is 0 Å². The highest BCUT2D eigenvalue weighted by Gasteiger charge is 2.10. The molecule has 114 valence electrons. The van der Waals surface area contributed by atoms with Crippen LogP contribution in [0.25, 0.3) is 0 Å². The van der Waals surface area contributed by atoms with Crippen molar-refractivity contribution in [3.8, 4) is 0 Å². The Morgan fingerprint density at radius 2 is 1.64 bits per heavy atom. The molecule has 3 N–H and O–H groups in total. The molecule has 0 spiro atoms. The minimum absolute atomic E-state index is 0.337. The number of carbonyl (C=O) groups excluding carboxylic acids is 2. The molecule has 1 amide bonds. The van der Waals surface area contributed by atoms with E-state index in [0.29, 0.717) is 16.9 Å². The summed E-state index contributed by atoms with van der Waals surface area (Å²) in [6.45, 7) is 3.56. The van der Waals surface area contributed by atoms with Gasteiger partial charge in [0.1, 0.15) is 0 Å². The van der Waals surface area contributed by atoms with Crippen LogP contribution < -0.4 is 11.1 Å². The van der Waals surface area contributed by atoms with Gasteiger partial charge in [0.15, 0.2) is 6.61 Å². The van der Waals surface area contributed by atoms with E-state index in [-0.39, 0.29) is 12.5 Å². The van der Waals surface area contributed by atoms with Gasteiger partial charge in [0, 0.05) is 11.4 Å². The number of nitrogens with two attached hydrogens (primary N) is 1. The number of hydrogen-bond acceptors (Lipinski definition) is 4. The van der Waals surface area contributed by atoms with Gasteiger partial charge in [-0.2, -0.15) is 0 Å². The molecule has 0 aliphatic carbocycles. The highest BCUT2D eigenvalue weighted by Crippen LogP contribution is 2.13. The second-order valence-corrected chi connectivity index (χ2v) is 5.12. The molecule has 2 aromatic carbocycles. The maximum atomic E-state index is 11.8. The van der Waals surface area contributed by atoms with Crippen molar-refractivity contribution >= 4 is 23.3 Å². The number of nitrogen functional groups attached to an aromatic ring is 1. The van der Waals surface area contributed by atoms with Gasteiger partial charge in [-0.1, -0.05) is 6.07 Å². The summed E-state index contributed by atoms with van der Waals surface area (Å²) >= 11 is 0. The third-order valence-electron chi connectivity index (χ3n) is 2.99. The van der Waals surface area contributed by atoms with Crippen molar-refractivity contribution in [2.45, 2.75) is 13.8 Å². The highest BCUT2D eigenvalue weighted by molar-refractivity contribution is 5.95. The van der Waals surface area contributed by atoms with Crippen molar-refractivity contribution in [3.05, 3.63) is 59.2 Å². The average molecular weight is 298 g/mol. The first-order valence-corrected chi connectivity index (χ1v) is 6.85. The maximum Gasteiger partial charge on any atom is 0.338 e. The molecule has 0 unspecified atom stereocenters. The molecule has 0 saturated heterocycles. The fraction of sp³-hybridized carbons (Fsp3) is 0.176. The molecular weight excluding hydrogens is 280 g/mol. The first-order valence-electron chi connectivity index (χ1n) is 6.85. The first kappa shape index (κ1) is 15.6. The number of nitrogens with one attached hydrogen (secondary N) is 1. The largest absolute Gasteiger partial charge is 0.452 e. The van der Waals surface area contributed by atoms with Crippen molar-refractivity contribution in [2.24, 2.45) is 0 Å². The lowest BCUT2D eigenvalue weighted by atomic mass is 10.1. The molecule has 0 aliphatic rings. The van der Waals surface area contributed by atoms with Gasteiger partial charge in [-0.25, -0.2) is 4.79 Å². The van der Waals surface area contributed by atoms with Gasteiger partial charge in [-0.15, -0.1) is 0 Å². The summed E-state index contributed by atoms with van der Waals surface area (Å²) in [6, 6.07) is 12.0. The van der Waals surface area contributed by atoms with E-state index >= 15 is 0 Å². The lowest BCUT2D eigenvalue weighted by Gasteiger charge is -2.08. The molecule has 0 heterocycles. The minimum atomic E-state index is -0.560. The van der Waals surface area contributed by atoms with Crippen LogP contribution in [0.1, 0.15) is 21.5 Å². The van der Waals surface area contributed by atoms with Crippen molar-refractivity contribution < 1.29 is 14.3 Å². The van der Waals surface area contributed by atoms with Crippen LogP contribution >= 0.6 is 0 Å². The van der Waals surface area contributed by atoms with Crippen molar-refractivity contribution in [3.63, 3.8) is 0 Å². The number of benzene rings is 2. The van der Waals surface area contributed by atoms with E-state index in [1.54, 1.807) is 24.3 Å². The lowest BCUT2D eigenvalue weighted by molar-refractivity contribution is -0.119. The molecular formula is C17H18N2O3. The number of esters is 1. The monoisotopic (exact) mass is 298 g/mol. The average Bonchev–Trinajstić information content (AvgIpc) is 2.44. The molecule has 5 nitrogen and oxygen atoms in total. The first-order chi connectivity index (χ1) is 10.4. The van der Waals surface area contributed by atoms with Gasteiger partial charge in [0.2, 0.25) is 0 Å². The third-order valence-corrected chi connectivity index (χ3v) is 2.99. The van der Waals surface area contributed by atoms with Gasteiger partial charge in [-0.05, 0) is 61.4 Å². The molecule has 0 bridgehead atoms. The third kappa shape index (κ3) is 4.34. The predicted octanol–water partition coefficient (Wildman–Crippen LogP) is 2.68. The number of hydrogen-bond donors (Lipinski definition) is 2. The Morgan fingerprint density at radius 3 is 2.23 bits per heavy atom. The maximum absolute atomic E-state index is 11.8. The van der Waals surface area contributed by atoms with Crippen LogP contribution in [0.4, 0.5) is 11.4 Å². The van der Waals surface area contributed by atoms with Crippen LogP contribution in [0.2, 0.25) is 0 Å². The quantitative estimate of drug-likeness (QED) is 0.671. The SMILES string of the molecule is Cc1cc(C)cc(NC(=O)COC(=O)c2ccc(N)cc2)c1. The van der Waals surface area contributed by atoms with E-state index in [4.69, 9.17) is 10.5 Å². The van der Waals surface area contributed by atoms with E-state index in [9.17, 15) is 9.59 Å². The fourth-order valence-electron chi connectivity index (χ4n) is 2.08. The molecule has 0 aliphatic heterocycles. The Morgan fingerprint density at radius 1 is 1.05 bits per heavy atom. The number of carbonyl (C=O) groups is 2. The van der Waals surface area contributed by atoms with Gasteiger partial charge >= 0.3 is 5.97 Å². The summed E-state index contributed by atoms with van der Waals surface area (Å²) in [4.78, 5) is 23.6. The molecule has 2 rings (SSSR count). The van der Waals surface area contributed by atoms with Crippen molar-refractivity contribution in [1.82, 2.24) is 0 Å². The molecule has 0 fully saturated rings. The summed E-state index contributed by atoms with van der Waals surface area (Å²) in [5.41, 5.74) is 9.24. The minimum Gasteiger partial charge on any atom is -0.452 e. The van der Waals surface area contributed by atoms with E-state index < -0.39 is 5.97 Å². The zero-order chi connectivity index (χ0) is 16.1. The van der Waals surface area contributed by atoms with Crippen LogP contribution in [-0.4, -0.2) is 18.5 Å². The summed E-state index contributed by atoms with van der Waals surface area (Å²) in [5.74, 6) is -0.940. The van der Waals surface area contributed by atoms with Crippen molar-refractivity contribution in [2.75, 3.05) is 17.7 Å². The normalized spacial score (nSPS) is 10.1. The Hall–Kier alpha value is -2.82. The van der Waals surface area contributed by atoms with Gasteiger partial charge < -0.3 is 15.8 Å².